The third kappa shape index (κ3) is 2.36. The lowest BCUT2D eigenvalue weighted by molar-refractivity contribution is -0.383. The molecule has 0 unspecified atom stereocenters. The lowest BCUT2D eigenvalue weighted by Gasteiger charge is -2.07. The van der Waals surface area contributed by atoms with Gasteiger partial charge < -0.3 is 0 Å². The smallest absolute Gasteiger partial charge is 0.258 e. The standard InChI is InChI=1S/C13H13BrN2O2/c1-2-3-5-9-8-11(16(17)18)13-10(12(9)14)6-4-7-15-13/h4,6-8H,2-3,5H2,1H3. The summed E-state index contributed by atoms with van der Waals surface area (Å²) < 4.78 is 0.921. The Morgan fingerprint density at radius 3 is 2.94 bits per heavy atom. The zero-order valence-corrected chi connectivity index (χ0v) is 11.6. The van der Waals surface area contributed by atoms with E-state index in [1.165, 1.54) is 0 Å². The molecule has 0 spiro atoms. The van der Waals surface area contributed by atoms with E-state index in [0.29, 0.717) is 5.52 Å². The molecule has 0 aliphatic rings. The topological polar surface area (TPSA) is 56.0 Å². The van der Waals surface area contributed by atoms with Crippen molar-refractivity contribution in [1.29, 1.82) is 0 Å². The molecule has 0 saturated heterocycles. The van der Waals surface area contributed by atoms with Crippen LogP contribution in [0.5, 0.6) is 0 Å². The number of rotatable bonds is 4. The van der Waals surface area contributed by atoms with Crippen LogP contribution < -0.4 is 0 Å². The molecule has 18 heavy (non-hydrogen) atoms. The Balaban J connectivity index is 2.67. The summed E-state index contributed by atoms with van der Waals surface area (Å²) in [6.45, 7) is 2.10. The summed E-state index contributed by atoms with van der Waals surface area (Å²) in [6, 6.07) is 5.28. The number of benzene rings is 1. The molecule has 2 aromatic rings. The van der Waals surface area contributed by atoms with Crippen molar-refractivity contribution in [2.45, 2.75) is 26.2 Å². The molecular formula is C13H13BrN2O2. The molecule has 1 aromatic carbocycles. The van der Waals surface area contributed by atoms with Crippen molar-refractivity contribution in [2.75, 3.05) is 0 Å². The second-order valence-corrected chi connectivity index (χ2v) is 4.92. The lowest BCUT2D eigenvalue weighted by Crippen LogP contribution is -1.96. The highest BCUT2D eigenvalue weighted by Gasteiger charge is 2.18. The zero-order valence-electron chi connectivity index (χ0n) is 10.0. The number of nitro groups is 1. The average molecular weight is 309 g/mol. The maximum Gasteiger partial charge on any atom is 0.295 e. The number of unbranched alkanes of at least 4 members (excludes halogenated alkanes) is 1. The fraction of sp³-hybridized carbons (Fsp3) is 0.308. The molecule has 0 saturated carbocycles. The lowest BCUT2D eigenvalue weighted by atomic mass is 10.0. The van der Waals surface area contributed by atoms with Gasteiger partial charge in [0.1, 0.15) is 5.52 Å². The first-order valence-electron chi connectivity index (χ1n) is 5.85. The molecule has 0 aliphatic heterocycles. The monoisotopic (exact) mass is 308 g/mol. The Labute approximate surface area is 113 Å². The number of aryl methyl sites for hydroxylation is 1. The molecule has 0 aliphatic carbocycles. The van der Waals surface area contributed by atoms with Gasteiger partial charge in [-0.05, 0) is 46.5 Å². The van der Waals surface area contributed by atoms with Crippen molar-refractivity contribution in [3.63, 3.8) is 0 Å². The summed E-state index contributed by atoms with van der Waals surface area (Å²) >= 11 is 3.53. The molecule has 1 heterocycles. The van der Waals surface area contributed by atoms with Gasteiger partial charge in [-0.25, -0.2) is 4.98 Å². The summed E-state index contributed by atoms with van der Waals surface area (Å²) in [4.78, 5) is 14.9. The SMILES string of the molecule is CCCCc1cc([N+](=O)[O-])c2ncccc2c1Br. The molecule has 2 rings (SSSR count). The number of fused-ring (bicyclic) bond motifs is 1. The molecule has 1 aromatic heterocycles. The molecule has 0 amide bonds. The molecule has 0 atom stereocenters. The molecule has 4 nitrogen and oxygen atoms in total. The fourth-order valence-electron chi connectivity index (χ4n) is 1.94. The summed E-state index contributed by atoms with van der Waals surface area (Å²) in [5, 5.41) is 11.9. The van der Waals surface area contributed by atoms with Gasteiger partial charge in [0, 0.05) is 22.1 Å². The fourth-order valence-corrected chi connectivity index (χ4v) is 2.58. The Hall–Kier alpha value is -1.49. The Morgan fingerprint density at radius 1 is 1.50 bits per heavy atom. The molecule has 0 fully saturated rings. The number of hydrogen-bond acceptors (Lipinski definition) is 3. The van der Waals surface area contributed by atoms with Gasteiger partial charge in [0.2, 0.25) is 0 Å². The normalized spacial score (nSPS) is 10.8. The number of aromatic nitrogens is 1. The van der Waals surface area contributed by atoms with E-state index < -0.39 is 0 Å². The minimum absolute atomic E-state index is 0.0832. The van der Waals surface area contributed by atoms with E-state index in [9.17, 15) is 10.1 Å². The van der Waals surface area contributed by atoms with Crippen molar-refractivity contribution >= 4 is 32.5 Å². The quantitative estimate of drug-likeness (QED) is 0.626. The van der Waals surface area contributed by atoms with Gasteiger partial charge >= 0.3 is 0 Å². The van der Waals surface area contributed by atoms with Gasteiger partial charge in [-0.2, -0.15) is 0 Å². The third-order valence-electron chi connectivity index (χ3n) is 2.88. The van der Waals surface area contributed by atoms with Crippen LogP contribution >= 0.6 is 15.9 Å². The largest absolute Gasteiger partial charge is 0.295 e. The minimum Gasteiger partial charge on any atom is -0.258 e. The van der Waals surface area contributed by atoms with E-state index in [1.54, 1.807) is 18.3 Å². The average Bonchev–Trinajstić information content (AvgIpc) is 2.38. The Kier molecular flexibility index (Phi) is 3.91. The van der Waals surface area contributed by atoms with Crippen molar-refractivity contribution in [1.82, 2.24) is 4.98 Å². The van der Waals surface area contributed by atoms with Gasteiger partial charge in [-0.1, -0.05) is 13.3 Å². The van der Waals surface area contributed by atoms with E-state index in [0.717, 1.165) is 34.7 Å². The number of nitrogens with zero attached hydrogens (tertiary/aromatic N) is 2. The van der Waals surface area contributed by atoms with E-state index in [2.05, 4.69) is 27.8 Å². The van der Waals surface area contributed by atoms with Crippen LogP contribution in [0, 0.1) is 10.1 Å². The number of non-ortho nitro benzene ring substituents is 1. The zero-order chi connectivity index (χ0) is 13.1. The van der Waals surface area contributed by atoms with Crippen molar-refractivity contribution in [3.05, 3.63) is 44.5 Å². The van der Waals surface area contributed by atoms with Crippen LogP contribution in [0.3, 0.4) is 0 Å². The van der Waals surface area contributed by atoms with E-state index in [4.69, 9.17) is 0 Å². The summed E-state index contributed by atoms with van der Waals surface area (Å²) in [7, 11) is 0. The van der Waals surface area contributed by atoms with Gasteiger partial charge in [-0.3, -0.25) is 10.1 Å². The summed E-state index contributed by atoms with van der Waals surface area (Å²) in [5.41, 5.74) is 1.50. The second-order valence-electron chi connectivity index (χ2n) is 4.13. The summed E-state index contributed by atoms with van der Waals surface area (Å²) in [6.07, 6.45) is 4.49. The van der Waals surface area contributed by atoms with Crippen LogP contribution in [0.4, 0.5) is 5.69 Å². The van der Waals surface area contributed by atoms with Gasteiger partial charge in [0.15, 0.2) is 0 Å². The predicted octanol–water partition coefficient (Wildman–Crippen LogP) is 4.25. The van der Waals surface area contributed by atoms with Crippen LogP contribution in [0.2, 0.25) is 0 Å². The predicted molar refractivity (Wildman–Crippen MR) is 74.7 cm³/mol. The maximum atomic E-state index is 11.1. The van der Waals surface area contributed by atoms with Crippen LogP contribution in [0.15, 0.2) is 28.9 Å². The molecule has 0 N–H and O–H groups in total. The number of pyridine rings is 1. The molecule has 0 bridgehead atoms. The van der Waals surface area contributed by atoms with E-state index in [-0.39, 0.29) is 10.6 Å². The minimum atomic E-state index is -0.364. The highest BCUT2D eigenvalue weighted by atomic mass is 79.9. The maximum absolute atomic E-state index is 11.1. The second kappa shape index (κ2) is 5.44. The first-order chi connectivity index (χ1) is 8.65. The van der Waals surface area contributed by atoms with Gasteiger partial charge in [0.05, 0.1) is 4.92 Å². The molecule has 5 heteroatoms. The number of hydrogen-bond donors (Lipinski definition) is 0. The number of halogens is 1. The highest BCUT2D eigenvalue weighted by Crippen LogP contribution is 2.34. The first kappa shape index (κ1) is 13.0. The van der Waals surface area contributed by atoms with Crippen LogP contribution in [0.25, 0.3) is 10.9 Å². The van der Waals surface area contributed by atoms with Crippen molar-refractivity contribution in [3.8, 4) is 0 Å². The highest BCUT2D eigenvalue weighted by molar-refractivity contribution is 9.10. The van der Waals surface area contributed by atoms with Crippen LogP contribution in [-0.2, 0) is 6.42 Å². The molecule has 94 valence electrons. The number of nitro benzene ring substituents is 1. The van der Waals surface area contributed by atoms with Gasteiger partial charge in [0.25, 0.3) is 5.69 Å². The van der Waals surface area contributed by atoms with Crippen LogP contribution in [0.1, 0.15) is 25.3 Å². The summed E-state index contributed by atoms with van der Waals surface area (Å²) in [5.74, 6) is 0. The Bertz CT molecular complexity index is 599. The van der Waals surface area contributed by atoms with E-state index in [1.807, 2.05) is 6.07 Å². The third-order valence-corrected chi connectivity index (χ3v) is 3.81. The van der Waals surface area contributed by atoms with Crippen molar-refractivity contribution < 1.29 is 4.92 Å². The molecular weight excluding hydrogens is 296 g/mol. The van der Waals surface area contributed by atoms with E-state index >= 15 is 0 Å². The molecule has 0 radical (unpaired) electrons. The van der Waals surface area contributed by atoms with Crippen LogP contribution in [-0.4, -0.2) is 9.91 Å². The van der Waals surface area contributed by atoms with Crippen molar-refractivity contribution in [2.24, 2.45) is 0 Å². The Morgan fingerprint density at radius 2 is 2.28 bits per heavy atom. The van der Waals surface area contributed by atoms with Gasteiger partial charge in [-0.15, -0.1) is 0 Å². The first-order valence-corrected chi connectivity index (χ1v) is 6.65.